The molecule has 0 aromatic carbocycles. The molecule has 0 saturated heterocycles. The minimum absolute atomic E-state index is 0.0281. The first-order chi connectivity index (χ1) is 8.38. The van der Waals surface area contributed by atoms with Crippen molar-refractivity contribution in [2.75, 3.05) is 6.54 Å². The fraction of sp³-hybridized carbons (Fsp3) is 0.846. The Morgan fingerprint density at radius 3 is 2.28 bits per heavy atom. The highest BCUT2D eigenvalue weighted by atomic mass is 16.4. The second kappa shape index (κ2) is 8.91. The number of hydrogen-bond donors (Lipinski definition) is 3. The lowest BCUT2D eigenvalue weighted by Crippen LogP contribution is -2.37. The van der Waals surface area contributed by atoms with Crippen LogP contribution in [0, 0.1) is 11.8 Å². The Hall–Kier alpha value is -1.10. The lowest BCUT2D eigenvalue weighted by Gasteiger charge is -2.19. The molecule has 0 rings (SSSR count). The van der Waals surface area contributed by atoms with Crippen molar-refractivity contribution in [1.29, 1.82) is 0 Å². The Labute approximate surface area is 109 Å². The molecule has 0 spiro atoms. The fourth-order valence-electron chi connectivity index (χ4n) is 1.99. The van der Waals surface area contributed by atoms with E-state index in [1.807, 2.05) is 6.92 Å². The molecule has 4 N–H and O–H groups in total. The van der Waals surface area contributed by atoms with Crippen LogP contribution in [0.5, 0.6) is 0 Å². The van der Waals surface area contributed by atoms with Crippen LogP contribution in [-0.2, 0) is 9.59 Å². The van der Waals surface area contributed by atoms with E-state index in [9.17, 15) is 9.59 Å². The zero-order valence-electron chi connectivity index (χ0n) is 11.6. The molecular weight excluding hydrogens is 232 g/mol. The maximum Gasteiger partial charge on any atom is 0.305 e. The lowest BCUT2D eigenvalue weighted by atomic mass is 9.94. The van der Waals surface area contributed by atoms with Gasteiger partial charge in [-0.05, 0) is 31.2 Å². The largest absolute Gasteiger partial charge is 0.481 e. The van der Waals surface area contributed by atoms with Crippen molar-refractivity contribution >= 4 is 11.9 Å². The second-order valence-corrected chi connectivity index (χ2v) is 5.21. The second-order valence-electron chi connectivity index (χ2n) is 5.21. The zero-order chi connectivity index (χ0) is 14.1. The first kappa shape index (κ1) is 16.9. The molecule has 0 aliphatic carbocycles. The molecule has 5 heteroatoms. The molecule has 0 heterocycles. The Bertz CT molecular complexity index is 267. The van der Waals surface area contributed by atoms with Gasteiger partial charge >= 0.3 is 5.97 Å². The maximum atomic E-state index is 11.8. The molecule has 0 aliphatic heterocycles. The number of carboxylic acids is 1. The van der Waals surface area contributed by atoms with Crippen molar-refractivity contribution in [2.24, 2.45) is 17.6 Å². The minimum Gasteiger partial charge on any atom is -0.481 e. The number of carbonyl (C=O) groups excluding carboxylic acids is 1. The van der Waals surface area contributed by atoms with Crippen LogP contribution in [-0.4, -0.2) is 29.6 Å². The smallest absolute Gasteiger partial charge is 0.305 e. The molecule has 0 aromatic rings. The van der Waals surface area contributed by atoms with Crippen LogP contribution >= 0.6 is 0 Å². The summed E-state index contributed by atoms with van der Waals surface area (Å²) in [6, 6.07) is -0.285. The van der Waals surface area contributed by atoms with Crippen molar-refractivity contribution in [3.8, 4) is 0 Å². The quantitative estimate of drug-likeness (QED) is 0.582. The van der Waals surface area contributed by atoms with Crippen LogP contribution in [0.25, 0.3) is 0 Å². The molecule has 106 valence electrons. The van der Waals surface area contributed by atoms with Gasteiger partial charge in [0.05, 0.1) is 6.42 Å². The number of aliphatic carboxylic acids is 1. The Morgan fingerprint density at radius 1 is 1.28 bits per heavy atom. The summed E-state index contributed by atoms with van der Waals surface area (Å²) in [5.74, 6) is -0.307. The number of amides is 1. The van der Waals surface area contributed by atoms with E-state index in [-0.39, 0.29) is 24.3 Å². The van der Waals surface area contributed by atoms with Gasteiger partial charge in [-0.25, -0.2) is 0 Å². The summed E-state index contributed by atoms with van der Waals surface area (Å²) in [6.07, 6.45) is 1.89. The summed E-state index contributed by atoms with van der Waals surface area (Å²) in [7, 11) is 0. The number of nitrogens with two attached hydrogens (primary N) is 1. The first-order valence-corrected chi connectivity index (χ1v) is 6.60. The van der Waals surface area contributed by atoms with Crippen molar-refractivity contribution < 1.29 is 14.7 Å². The van der Waals surface area contributed by atoms with E-state index in [0.29, 0.717) is 25.3 Å². The molecule has 0 saturated carbocycles. The molecule has 2 atom stereocenters. The highest BCUT2D eigenvalue weighted by Crippen LogP contribution is 2.14. The van der Waals surface area contributed by atoms with Crippen LogP contribution in [0.4, 0.5) is 0 Å². The highest BCUT2D eigenvalue weighted by Gasteiger charge is 2.18. The average molecular weight is 258 g/mol. The maximum absolute atomic E-state index is 11.8. The standard InChI is InChI=1S/C13H26N2O3/c1-4-11(7-13(17)18)15-12(16)6-10(8-14)5-9(2)3/h9-11H,4-8,14H2,1-3H3,(H,15,16)(H,17,18). The van der Waals surface area contributed by atoms with E-state index in [4.69, 9.17) is 10.8 Å². The third-order valence-electron chi connectivity index (χ3n) is 2.89. The number of carbonyl (C=O) groups is 2. The topological polar surface area (TPSA) is 92.4 Å². The van der Waals surface area contributed by atoms with Gasteiger partial charge in [0.2, 0.25) is 5.91 Å². The summed E-state index contributed by atoms with van der Waals surface area (Å²) in [5, 5.41) is 11.5. The van der Waals surface area contributed by atoms with Crippen LogP contribution in [0.2, 0.25) is 0 Å². The van der Waals surface area contributed by atoms with Gasteiger partial charge in [-0.1, -0.05) is 20.8 Å². The Balaban J connectivity index is 4.17. The molecule has 0 radical (unpaired) electrons. The van der Waals surface area contributed by atoms with Gasteiger partial charge in [0.1, 0.15) is 0 Å². The highest BCUT2D eigenvalue weighted by molar-refractivity contribution is 5.77. The van der Waals surface area contributed by atoms with E-state index in [2.05, 4.69) is 19.2 Å². The summed E-state index contributed by atoms with van der Waals surface area (Å²) >= 11 is 0. The third kappa shape index (κ3) is 8.06. The predicted octanol–water partition coefficient (Wildman–Crippen LogP) is 1.37. The van der Waals surface area contributed by atoms with Gasteiger partial charge in [-0.2, -0.15) is 0 Å². The van der Waals surface area contributed by atoms with Crippen LogP contribution in [0.3, 0.4) is 0 Å². The molecule has 5 nitrogen and oxygen atoms in total. The average Bonchev–Trinajstić information content (AvgIpc) is 2.25. The SMILES string of the molecule is CCC(CC(=O)O)NC(=O)CC(CN)CC(C)C. The van der Waals surface area contributed by atoms with Gasteiger partial charge in [0.25, 0.3) is 0 Å². The predicted molar refractivity (Wildman–Crippen MR) is 71.1 cm³/mol. The molecule has 0 fully saturated rings. The minimum atomic E-state index is -0.889. The molecule has 18 heavy (non-hydrogen) atoms. The number of nitrogens with one attached hydrogen (secondary N) is 1. The fourth-order valence-corrected chi connectivity index (χ4v) is 1.99. The summed E-state index contributed by atoms with van der Waals surface area (Å²) in [6.45, 7) is 6.55. The Morgan fingerprint density at radius 2 is 1.89 bits per heavy atom. The molecule has 2 unspecified atom stereocenters. The first-order valence-electron chi connectivity index (χ1n) is 6.60. The normalized spacial score (nSPS) is 14.3. The van der Waals surface area contributed by atoms with Crippen molar-refractivity contribution in [1.82, 2.24) is 5.32 Å². The monoisotopic (exact) mass is 258 g/mol. The molecular formula is C13H26N2O3. The van der Waals surface area contributed by atoms with Crippen LogP contribution in [0.15, 0.2) is 0 Å². The Kier molecular flexibility index (Phi) is 8.37. The summed E-state index contributed by atoms with van der Waals surface area (Å²) in [5.41, 5.74) is 5.64. The van der Waals surface area contributed by atoms with E-state index in [1.54, 1.807) is 0 Å². The van der Waals surface area contributed by atoms with Crippen LogP contribution < -0.4 is 11.1 Å². The van der Waals surface area contributed by atoms with Gasteiger partial charge in [0, 0.05) is 12.5 Å². The van der Waals surface area contributed by atoms with E-state index in [1.165, 1.54) is 0 Å². The molecule has 0 bridgehead atoms. The van der Waals surface area contributed by atoms with Gasteiger partial charge in [-0.3, -0.25) is 9.59 Å². The third-order valence-corrected chi connectivity index (χ3v) is 2.89. The van der Waals surface area contributed by atoms with E-state index in [0.717, 1.165) is 6.42 Å². The van der Waals surface area contributed by atoms with Gasteiger partial charge in [-0.15, -0.1) is 0 Å². The van der Waals surface area contributed by atoms with Gasteiger partial charge < -0.3 is 16.2 Å². The van der Waals surface area contributed by atoms with E-state index >= 15 is 0 Å². The lowest BCUT2D eigenvalue weighted by molar-refractivity contribution is -0.137. The number of carboxylic acid groups (broad SMARTS) is 1. The van der Waals surface area contributed by atoms with Crippen molar-refractivity contribution in [3.05, 3.63) is 0 Å². The molecule has 0 aliphatic rings. The summed E-state index contributed by atoms with van der Waals surface area (Å²) < 4.78 is 0. The number of hydrogen-bond acceptors (Lipinski definition) is 3. The summed E-state index contributed by atoms with van der Waals surface area (Å²) in [4.78, 5) is 22.4. The molecule has 1 amide bonds. The van der Waals surface area contributed by atoms with Gasteiger partial charge in [0.15, 0.2) is 0 Å². The van der Waals surface area contributed by atoms with Crippen molar-refractivity contribution in [2.45, 2.75) is 52.5 Å². The molecule has 0 aromatic heterocycles. The van der Waals surface area contributed by atoms with Crippen molar-refractivity contribution in [3.63, 3.8) is 0 Å². The van der Waals surface area contributed by atoms with Crippen LogP contribution in [0.1, 0.15) is 46.5 Å². The number of rotatable bonds is 9. The zero-order valence-corrected chi connectivity index (χ0v) is 11.6. The van der Waals surface area contributed by atoms with E-state index < -0.39 is 5.97 Å².